The van der Waals surface area contributed by atoms with E-state index < -0.39 is 0 Å². The number of hydrogen-bond acceptors (Lipinski definition) is 0. The van der Waals surface area contributed by atoms with Crippen LogP contribution in [0.25, 0.3) is 0 Å². The average molecular weight is 546 g/mol. The van der Waals surface area contributed by atoms with Gasteiger partial charge in [-0.25, -0.2) is 0 Å². The summed E-state index contributed by atoms with van der Waals surface area (Å²) >= 11 is 0. The van der Waals surface area contributed by atoms with Gasteiger partial charge in [0.25, 0.3) is 0 Å². The molecule has 0 radical (unpaired) electrons. The Bertz CT molecular complexity index is 3.25. The predicted molar refractivity (Wildman–Crippen MR) is 0 cm³/mol. The normalized spacial score (nSPS) is 0. The van der Waals surface area contributed by atoms with Crippen LogP contribution >= 0.6 is 0 Å². The Morgan fingerprint density at radius 1 is 0.500 bits per heavy atom. The van der Waals surface area contributed by atoms with E-state index in [2.05, 4.69) is 0 Å². The van der Waals surface area contributed by atoms with E-state index in [0.717, 1.165) is 0 Å². The molecule has 0 fully saturated rings. The van der Waals surface area contributed by atoms with Gasteiger partial charge < -0.3 is 0 Å². The summed E-state index contributed by atoms with van der Waals surface area (Å²) in [6.07, 6.45) is 0. The average Bonchev–Trinajstić information content (AvgIpc) is 0. The largest absolute Gasteiger partial charge is 0 e. The Hall–Kier alpha value is 4.31. The minimum absolute atomic E-state index is 0. The summed E-state index contributed by atoms with van der Waals surface area (Å²) in [4.78, 5) is 0. The minimum Gasteiger partial charge on any atom is 0 e. The van der Waals surface area contributed by atoms with E-state index in [1.807, 2.05) is 0 Å². The minimum atomic E-state index is 0. The summed E-state index contributed by atoms with van der Waals surface area (Å²) in [5, 5.41) is 0. The summed E-state index contributed by atoms with van der Waals surface area (Å²) < 4.78 is 0. The molecule has 0 N–H and O–H groups in total. The first-order chi connectivity index (χ1) is 0. The second-order valence-electron chi connectivity index (χ2n) is 0. The van der Waals surface area contributed by atoms with Gasteiger partial charge in [0.15, 0.2) is 0 Å². The third-order valence-corrected chi connectivity index (χ3v) is 0. The molecule has 4 heteroatoms. The van der Waals surface area contributed by atoms with Crippen molar-refractivity contribution < 1.29 is 131 Å². The molecule has 0 unspecified atom stereocenters. The molecular weight excluding hydrogens is 546 g/mol. The van der Waals surface area contributed by atoms with Crippen LogP contribution in [0.2, 0.25) is 0 Å². The maximum Gasteiger partial charge on any atom is 0 e. The van der Waals surface area contributed by atoms with Gasteiger partial charge in [-0.3, -0.25) is 0 Å². The fourth-order valence-electron chi connectivity index (χ4n) is 0. The predicted octanol–water partition coefficient (Wildman–Crippen LogP) is -0.00250. The van der Waals surface area contributed by atoms with Crippen LogP contribution in [0.1, 0.15) is 0 Å². The molecule has 0 amide bonds. The van der Waals surface area contributed by atoms with Crippen LogP contribution in [-0.2, 0) is 16.5 Å². The van der Waals surface area contributed by atoms with Gasteiger partial charge in [0.1, 0.15) is 0 Å². The van der Waals surface area contributed by atoms with Crippen LogP contribution in [0, 0.1) is 115 Å². The van der Waals surface area contributed by atoms with Gasteiger partial charge in [0.2, 0.25) is 0 Å². The molecule has 0 aromatic rings. The van der Waals surface area contributed by atoms with Crippen molar-refractivity contribution in [3.05, 3.63) is 0 Å². The maximum absolute atomic E-state index is 0. The monoisotopic (exact) mass is 550 g/mol. The summed E-state index contributed by atoms with van der Waals surface area (Å²) in [6, 6.07) is 0. The molecule has 0 nitrogen and oxygen atoms in total. The third kappa shape index (κ3) is 9.58. The van der Waals surface area contributed by atoms with Crippen LogP contribution in [-0.4, -0.2) is 0 Å². The topological polar surface area (TPSA) is 0 Å². The van der Waals surface area contributed by atoms with Crippen molar-refractivity contribution in [2.24, 2.45) is 0 Å². The summed E-state index contributed by atoms with van der Waals surface area (Å²) in [5.74, 6) is 0. The number of rotatable bonds is 0. The van der Waals surface area contributed by atoms with Gasteiger partial charge in [-0.15, -0.1) is 0 Å². The second-order valence-corrected chi connectivity index (χ2v) is 0. The van der Waals surface area contributed by atoms with Crippen LogP contribution in [0.15, 0.2) is 0 Å². The van der Waals surface area contributed by atoms with E-state index in [-0.39, 0.29) is 131 Å². The van der Waals surface area contributed by atoms with E-state index >= 15 is 0 Å². The molecule has 0 spiro atoms. The van der Waals surface area contributed by atoms with E-state index in [4.69, 9.17) is 0 Å². The SMILES string of the molecule is [Dy].[Dy].[Dy].[Ni]. The molecule has 0 bridgehead atoms. The van der Waals surface area contributed by atoms with Crippen molar-refractivity contribution in [1.29, 1.82) is 0 Å². The Morgan fingerprint density at radius 3 is 0.500 bits per heavy atom. The first-order valence-electron chi connectivity index (χ1n) is 0. The zero-order chi connectivity index (χ0) is 0. The van der Waals surface area contributed by atoms with Crippen molar-refractivity contribution in [3.8, 4) is 0 Å². The molecule has 0 saturated heterocycles. The Balaban J connectivity index is 0. The Kier molecular flexibility index (Phi) is 93.6. The van der Waals surface area contributed by atoms with Gasteiger partial charge in [-0.2, -0.15) is 0 Å². The molecule has 0 aromatic carbocycles. The molecule has 0 rings (SSSR count). The van der Waals surface area contributed by atoms with Crippen molar-refractivity contribution in [1.82, 2.24) is 0 Å². The van der Waals surface area contributed by atoms with Crippen LogP contribution in [0.3, 0.4) is 0 Å². The Morgan fingerprint density at radius 2 is 0.500 bits per heavy atom. The summed E-state index contributed by atoms with van der Waals surface area (Å²) in [6.45, 7) is 0. The van der Waals surface area contributed by atoms with Crippen molar-refractivity contribution in [3.63, 3.8) is 0 Å². The second kappa shape index (κ2) is 15.7. The van der Waals surface area contributed by atoms with E-state index in [1.54, 1.807) is 0 Å². The molecular formula is Dy3Ni. The molecule has 0 atom stereocenters. The number of hydrogen-bond donors (Lipinski definition) is 0. The quantitative estimate of drug-likeness (QED) is 0.376. The molecule has 0 aromatic heterocycles. The standard InChI is InChI=1S/3Dy.Ni. The van der Waals surface area contributed by atoms with Crippen molar-refractivity contribution in [2.45, 2.75) is 0 Å². The summed E-state index contributed by atoms with van der Waals surface area (Å²) in [7, 11) is 0. The summed E-state index contributed by atoms with van der Waals surface area (Å²) in [5.41, 5.74) is 0. The van der Waals surface area contributed by atoms with Gasteiger partial charge in [0, 0.05) is 131 Å². The molecule has 0 aliphatic carbocycles. The van der Waals surface area contributed by atoms with Crippen LogP contribution in [0.5, 0.6) is 0 Å². The van der Waals surface area contributed by atoms with Crippen LogP contribution in [0.4, 0.5) is 0 Å². The van der Waals surface area contributed by atoms with Gasteiger partial charge in [-0.1, -0.05) is 0 Å². The van der Waals surface area contributed by atoms with Crippen molar-refractivity contribution >= 4 is 0 Å². The molecule has 0 aliphatic heterocycles. The van der Waals surface area contributed by atoms with Crippen LogP contribution < -0.4 is 0 Å². The zero-order valence-corrected chi connectivity index (χ0v) is 8.34. The Labute approximate surface area is 127 Å². The van der Waals surface area contributed by atoms with Gasteiger partial charge >= 0.3 is 0 Å². The molecule has 0 saturated carbocycles. The smallest absolute Gasteiger partial charge is 0 e. The van der Waals surface area contributed by atoms with Crippen molar-refractivity contribution in [2.75, 3.05) is 0 Å². The van der Waals surface area contributed by atoms with Gasteiger partial charge in [-0.05, 0) is 0 Å². The molecule has 0 aliphatic rings. The molecule has 4 heavy (non-hydrogen) atoms. The first-order valence-corrected chi connectivity index (χ1v) is 0. The molecule has 40 valence electrons. The third-order valence-electron chi connectivity index (χ3n) is 0. The maximum atomic E-state index is 0. The van der Waals surface area contributed by atoms with E-state index in [0.29, 0.717) is 0 Å². The van der Waals surface area contributed by atoms with E-state index in [1.165, 1.54) is 0 Å². The first kappa shape index (κ1) is 23.9. The fraction of sp³-hybridized carbons (Fsp3) is 0. The van der Waals surface area contributed by atoms with Gasteiger partial charge in [0.05, 0.1) is 0 Å². The zero-order valence-electron chi connectivity index (χ0n) is 1.26. The van der Waals surface area contributed by atoms with E-state index in [9.17, 15) is 0 Å². The fourth-order valence-corrected chi connectivity index (χ4v) is 0. The molecule has 0 heterocycles.